The van der Waals surface area contributed by atoms with Gasteiger partial charge in [0.05, 0.1) is 6.07 Å². The first-order chi connectivity index (χ1) is 12.6. The number of para-hydroxylation sites is 1. The number of benzene rings is 2. The summed E-state index contributed by atoms with van der Waals surface area (Å²) >= 11 is 0. The lowest BCUT2D eigenvalue weighted by atomic mass is 10.0. The minimum atomic E-state index is -0.164. The molecule has 1 aromatic heterocycles. The van der Waals surface area contributed by atoms with Crippen LogP contribution >= 0.6 is 0 Å². The van der Waals surface area contributed by atoms with Gasteiger partial charge in [-0.05, 0) is 18.6 Å². The van der Waals surface area contributed by atoms with Crippen LogP contribution in [0.15, 0.2) is 78.4 Å². The second-order valence-electron chi connectivity index (χ2n) is 6.31. The van der Waals surface area contributed by atoms with Crippen molar-refractivity contribution in [2.45, 2.75) is 13.3 Å². The fourth-order valence-electron chi connectivity index (χ4n) is 3.21. The molecule has 1 unspecified atom stereocenters. The number of carbonyl (C=O) groups is 1. The molecule has 1 aliphatic rings. The van der Waals surface area contributed by atoms with Crippen LogP contribution in [0.2, 0.25) is 0 Å². The lowest BCUT2D eigenvalue weighted by Crippen LogP contribution is -3.08. The minimum absolute atomic E-state index is 0.0998. The lowest BCUT2D eigenvalue weighted by Gasteiger charge is -2.18. The van der Waals surface area contributed by atoms with Crippen LogP contribution in [0.4, 0.5) is 11.5 Å². The molecule has 1 aliphatic heterocycles. The van der Waals surface area contributed by atoms with Crippen LogP contribution in [-0.2, 0) is 11.2 Å². The van der Waals surface area contributed by atoms with E-state index in [4.69, 9.17) is 0 Å². The largest absolute Gasteiger partial charge is 0.457 e. The molecular formula is C21H19N3O2+2. The van der Waals surface area contributed by atoms with Gasteiger partial charge in [-0.25, -0.2) is 4.79 Å². The van der Waals surface area contributed by atoms with E-state index in [1.165, 1.54) is 4.68 Å². The Morgan fingerprint density at radius 3 is 2.31 bits per heavy atom. The van der Waals surface area contributed by atoms with Gasteiger partial charge in [-0.3, -0.25) is 0 Å². The minimum Gasteiger partial charge on any atom is -0.457 e. The summed E-state index contributed by atoms with van der Waals surface area (Å²) in [5.74, 6) is 0.335. The number of nitrogens with zero attached hydrogens (tertiary/aromatic N) is 2. The zero-order chi connectivity index (χ0) is 18.1. The van der Waals surface area contributed by atoms with Gasteiger partial charge in [0.15, 0.2) is 5.57 Å². The van der Waals surface area contributed by atoms with E-state index >= 15 is 0 Å². The molecule has 0 fully saturated rings. The zero-order valence-corrected chi connectivity index (χ0v) is 14.4. The Morgan fingerprint density at radius 2 is 1.62 bits per heavy atom. The van der Waals surface area contributed by atoms with Gasteiger partial charge in [-0.2, -0.15) is 0 Å². The number of rotatable bonds is 3. The van der Waals surface area contributed by atoms with Crippen LogP contribution in [-0.4, -0.2) is 16.1 Å². The van der Waals surface area contributed by atoms with Crippen molar-refractivity contribution in [3.63, 3.8) is 0 Å². The number of hydrogen-bond donors (Lipinski definition) is 2. The van der Waals surface area contributed by atoms with Crippen molar-refractivity contribution in [2.75, 3.05) is 0 Å². The van der Waals surface area contributed by atoms with Gasteiger partial charge in [-0.15, -0.1) is 4.90 Å². The Bertz CT molecular complexity index is 998. The molecule has 0 aliphatic carbocycles. The molecule has 0 bridgehead atoms. The third kappa shape index (κ3) is 2.78. The van der Waals surface area contributed by atoms with Crippen LogP contribution in [0.25, 0.3) is 5.88 Å². The van der Waals surface area contributed by atoms with Gasteiger partial charge >= 0.3 is 17.6 Å². The molecular weight excluding hydrogens is 326 g/mol. The highest BCUT2D eigenvalue weighted by molar-refractivity contribution is 5.94. The Balaban J connectivity index is 1.88. The summed E-state index contributed by atoms with van der Waals surface area (Å²) in [5, 5.41) is 15.2. The number of quaternary nitrogens is 1. The van der Waals surface area contributed by atoms with Crippen LogP contribution in [0.3, 0.4) is 0 Å². The molecule has 0 spiro atoms. The predicted octanol–water partition coefficient (Wildman–Crippen LogP) is 2.04. The summed E-state index contributed by atoms with van der Waals surface area (Å²) in [6, 6.07) is 22.9. The molecule has 128 valence electrons. The number of aryl methyl sites for hydroxylation is 1. The Labute approximate surface area is 151 Å². The molecule has 5 heteroatoms. The maximum Gasteiger partial charge on any atom is 0.415 e. The van der Waals surface area contributed by atoms with E-state index in [9.17, 15) is 9.90 Å². The molecule has 0 saturated heterocycles. The van der Waals surface area contributed by atoms with E-state index in [-0.39, 0.29) is 11.8 Å². The number of amides is 1. The highest BCUT2D eigenvalue weighted by Crippen LogP contribution is 2.17. The predicted molar refractivity (Wildman–Crippen MR) is 96.9 cm³/mol. The van der Waals surface area contributed by atoms with Crippen LogP contribution < -0.4 is 9.58 Å². The average Bonchev–Trinajstić information content (AvgIpc) is 2.67. The van der Waals surface area contributed by atoms with E-state index in [0.29, 0.717) is 22.7 Å². The fourth-order valence-corrected chi connectivity index (χ4v) is 3.21. The highest BCUT2D eigenvalue weighted by atomic mass is 16.3. The molecule has 1 amide bonds. The maximum atomic E-state index is 13.3. The highest BCUT2D eigenvalue weighted by Gasteiger charge is 2.46. The van der Waals surface area contributed by atoms with E-state index in [2.05, 4.69) is 5.10 Å². The molecule has 4 rings (SSSR count). The standard InChI is InChI=1S/C21H17N3O2/c1-15-12-13-19-23(17-10-6-3-7-11-17)20(25)18(21(26)24(19)22-15)14-16-8-4-2-5-9-16/h2-13H,14H2,1H3/p+2. The van der Waals surface area contributed by atoms with Crippen molar-refractivity contribution in [2.24, 2.45) is 0 Å². The third-order valence-corrected chi connectivity index (χ3v) is 4.48. The number of hydrogen-bond acceptors (Lipinski definition) is 3. The number of fused-ring (bicyclic) bond motifs is 1. The molecule has 2 aromatic carbocycles. The average molecular weight is 345 g/mol. The second kappa shape index (κ2) is 6.54. The van der Waals surface area contributed by atoms with Gasteiger partial charge in [0, 0.05) is 28.3 Å². The van der Waals surface area contributed by atoms with E-state index in [1.807, 2.05) is 79.7 Å². The lowest BCUT2D eigenvalue weighted by molar-refractivity contribution is -0.803. The van der Waals surface area contributed by atoms with Gasteiger partial charge in [0.2, 0.25) is 0 Å². The SMILES string of the molecule is Cc1ccc2[n+](n1)C(O)=C(Cc1ccccc1)C(=O)[NH+]2c1ccccc1. The topological polar surface area (TPSA) is 58.5 Å². The van der Waals surface area contributed by atoms with Crippen molar-refractivity contribution in [3.8, 4) is 0 Å². The third-order valence-electron chi connectivity index (χ3n) is 4.48. The van der Waals surface area contributed by atoms with E-state index in [1.54, 1.807) is 0 Å². The smallest absolute Gasteiger partial charge is 0.415 e. The Hall–Kier alpha value is -3.31. The number of aromatic nitrogens is 2. The van der Waals surface area contributed by atoms with Crippen LogP contribution in [0.1, 0.15) is 11.3 Å². The summed E-state index contributed by atoms with van der Waals surface area (Å²) in [5.41, 5.74) is 2.90. The summed E-state index contributed by atoms with van der Waals surface area (Å²) in [4.78, 5) is 13.8. The second-order valence-corrected chi connectivity index (χ2v) is 6.31. The van der Waals surface area contributed by atoms with Crippen molar-refractivity contribution in [1.29, 1.82) is 0 Å². The van der Waals surface area contributed by atoms with Crippen molar-refractivity contribution in [1.82, 2.24) is 5.10 Å². The number of aliphatic hydroxyl groups excluding tert-OH is 1. The van der Waals surface area contributed by atoms with Crippen LogP contribution in [0, 0.1) is 6.92 Å². The summed E-state index contributed by atoms with van der Waals surface area (Å²) in [6.07, 6.45) is 0.351. The Morgan fingerprint density at radius 1 is 0.962 bits per heavy atom. The van der Waals surface area contributed by atoms with Crippen molar-refractivity contribution in [3.05, 3.63) is 89.6 Å². The first kappa shape index (κ1) is 16.2. The quantitative estimate of drug-likeness (QED) is 0.714. The van der Waals surface area contributed by atoms with Gasteiger partial charge in [0.25, 0.3) is 0 Å². The van der Waals surface area contributed by atoms with Gasteiger partial charge in [-0.1, -0.05) is 48.5 Å². The van der Waals surface area contributed by atoms with Crippen LogP contribution in [0.5, 0.6) is 0 Å². The van der Waals surface area contributed by atoms with Gasteiger partial charge < -0.3 is 5.11 Å². The monoisotopic (exact) mass is 345 g/mol. The molecule has 1 atom stereocenters. The van der Waals surface area contributed by atoms with E-state index in [0.717, 1.165) is 16.9 Å². The summed E-state index contributed by atoms with van der Waals surface area (Å²) in [7, 11) is 0. The maximum absolute atomic E-state index is 13.3. The summed E-state index contributed by atoms with van der Waals surface area (Å²) < 4.78 is 1.47. The molecule has 0 saturated carbocycles. The first-order valence-electron chi connectivity index (χ1n) is 8.49. The number of aliphatic hydroxyl groups is 1. The molecule has 5 nitrogen and oxygen atoms in total. The number of nitrogens with one attached hydrogen (secondary N) is 1. The number of carbonyl (C=O) groups excluding carboxylic acids is 1. The Kier molecular flexibility index (Phi) is 4.07. The fraction of sp³-hybridized carbons (Fsp3) is 0.0952. The van der Waals surface area contributed by atoms with E-state index < -0.39 is 0 Å². The molecule has 3 aromatic rings. The van der Waals surface area contributed by atoms with Crippen molar-refractivity contribution >= 4 is 23.3 Å². The molecule has 0 radical (unpaired) electrons. The van der Waals surface area contributed by atoms with Gasteiger partial charge in [0.1, 0.15) is 11.4 Å². The van der Waals surface area contributed by atoms with Crippen molar-refractivity contribution < 1.29 is 19.5 Å². The molecule has 2 N–H and O–H groups in total. The molecule has 26 heavy (non-hydrogen) atoms. The molecule has 2 heterocycles. The first-order valence-corrected chi connectivity index (χ1v) is 8.49. The zero-order valence-electron chi connectivity index (χ0n) is 14.4. The normalized spacial score (nSPS) is 16.5. The summed E-state index contributed by atoms with van der Waals surface area (Å²) in [6.45, 7) is 1.86.